The minimum absolute atomic E-state index is 0.373. The summed E-state index contributed by atoms with van der Waals surface area (Å²) in [4.78, 5) is 0. The Bertz CT molecular complexity index is 225. The SMILES string of the molecule is CB[C@H](CCCO)CCCCBC1CCCCCCCCC1. The van der Waals surface area contributed by atoms with E-state index in [0.717, 1.165) is 18.1 Å². The molecule has 1 atom stereocenters. The summed E-state index contributed by atoms with van der Waals surface area (Å²) < 4.78 is 0. The standard InChI is InChI=1S/C19H40B2O/c1-20-18(15-11-17-22)12-9-10-16-21-19-13-7-5-3-2-4-6-8-14-19/h18-22H,2-17H2,1H3/t18-/m0/s1. The largest absolute Gasteiger partial charge is 0.396 e. The first kappa shape index (κ1) is 20.1. The highest BCUT2D eigenvalue weighted by molar-refractivity contribution is 6.37. The third-order valence-electron chi connectivity index (χ3n) is 5.80. The molecule has 0 aromatic heterocycles. The zero-order valence-electron chi connectivity index (χ0n) is 15.3. The van der Waals surface area contributed by atoms with Crippen LogP contribution in [0.15, 0.2) is 0 Å². The van der Waals surface area contributed by atoms with Crippen LogP contribution in [0.4, 0.5) is 0 Å². The summed E-state index contributed by atoms with van der Waals surface area (Å²) in [5, 5.41) is 8.95. The van der Waals surface area contributed by atoms with Gasteiger partial charge in [-0.25, -0.2) is 0 Å². The Labute approximate surface area is 141 Å². The Kier molecular flexibility index (Phi) is 13.4. The zero-order chi connectivity index (χ0) is 15.9. The third-order valence-corrected chi connectivity index (χ3v) is 5.80. The fraction of sp³-hybridized carbons (Fsp3) is 1.00. The summed E-state index contributed by atoms with van der Waals surface area (Å²) in [5.74, 6) is 1.90. The van der Waals surface area contributed by atoms with Gasteiger partial charge in [0.05, 0.1) is 0 Å². The van der Waals surface area contributed by atoms with Gasteiger partial charge in [-0.2, -0.15) is 0 Å². The summed E-state index contributed by atoms with van der Waals surface area (Å²) in [6.07, 6.45) is 21.4. The smallest absolute Gasteiger partial charge is 0.124 e. The highest BCUT2D eigenvalue weighted by Crippen LogP contribution is 2.27. The highest BCUT2D eigenvalue weighted by Gasteiger charge is 2.12. The normalized spacial score (nSPS) is 19.5. The van der Waals surface area contributed by atoms with Gasteiger partial charge in [0.25, 0.3) is 0 Å². The first-order valence-electron chi connectivity index (χ1n) is 10.5. The van der Waals surface area contributed by atoms with Crippen LogP contribution in [0.1, 0.15) is 89.9 Å². The van der Waals surface area contributed by atoms with Crippen molar-refractivity contribution in [1.82, 2.24) is 0 Å². The average Bonchev–Trinajstić information content (AvgIpc) is 2.55. The third kappa shape index (κ3) is 10.8. The molecule has 0 radical (unpaired) electrons. The molecule has 0 aliphatic heterocycles. The molecule has 0 aromatic rings. The topological polar surface area (TPSA) is 20.2 Å². The number of unbranched alkanes of at least 4 members (excludes halogenated alkanes) is 1. The van der Waals surface area contributed by atoms with Crippen molar-refractivity contribution in [2.75, 3.05) is 6.61 Å². The maximum Gasteiger partial charge on any atom is 0.124 e. The van der Waals surface area contributed by atoms with Crippen molar-refractivity contribution in [2.45, 2.75) is 115 Å². The van der Waals surface area contributed by atoms with E-state index < -0.39 is 0 Å². The number of hydrogen-bond acceptors (Lipinski definition) is 1. The van der Waals surface area contributed by atoms with Gasteiger partial charge in [0.2, 0.25) is 0 Å². The Morgan fingerprint density at radius 3 is 2.05 bits per heavy atom. The van der Waals surface area contributed by atoms with Gasteiger partial charge in [0.1, 0.15) is 14.6 Å². The fourth-order valence-corrected chi connectivity index (χ4v) is 4.16. The molecule has 1 fully saturated rings. The van der Waals surface area contributed by atoms with Crippen molar-refractivity contribution in [1.29, 1.82) is 0 Å². The van der Waals surface area contributed by atoms with Gasteiger partial charge in [-0.05, 0) is 6.42 Å². The molecular weight excluding hydrogens is 266 g/mol. The second-order valence-electron chi connectivity index (χ2n) is 7.70. The Morgan fingerprint density at radius 1 is 0.864 bits per heavy atom. The Balaban J connectivity index is 2.05. The quantitative estimate of drug-likeness (QED) is 0.425. The molecule has 1 nitrogen and oxygen atoms in total. The van der Waals surface area contributed by atoms with Gasteiger partial charge >= 0.3 is 0 Å². The number of aliphatic hydroxyl groups is 1. The molecule has 0 aromatic carbocycles. The maximum absolute atomic E-state index is 8.95. The van der Waals surface area contributed by atoms with E-state index in [2.05, 4.69) is 6.82 Å². The number of rotatable bonds is 10. The molecule has 0 amide bonds. The van der Waals surface area contributed by atoms with Crippen molar-refractivity contribution in [3.05, 3.63) is 0 Å². The van der Waals surface area contributed by atoms with Crippen LogP contribution >= 0.6 is 0 Å². The molecule has 0 spiro atoms. The monoisotopic (exact) mass is 306 g/mol. The van der Waals surface area contributed by atoms with Crippen LogP contribution in [0, 0.1) is 0 Å². The van der Waals surface area contributed by atoms with Crippen LogP contribution in [0.25, 0.3) is 0 Å². The van der Waals surface area contributed by atoms with Crippen LogP contribution in [0.3, 0.4) is 0 Å². The lowest BCUT2D eigenvalue weighted by Crippen LogP contribution is -2.06. The van der Waals surface area contributed by atoms with Gasteiger partial charge in [-0.3, -0.25) is 0 Å². The maximum atomic E-state index is 8.95. The molecule has 1 aliphatic carbocycles. The molecule has 128 valence electrons. The molecule has 1 aliphatic rings. The van der Waals surface area contributed by atoms with Gasteiger partial charge < -0.3 is 5.11 Å². The first-order chi connectivity index (χ1) is 10.9. The van der Waals surface area contributed by atoms with Crippen LogP contribution in [-0.4, -0.2) is 26.3 Å². The van der Waals surface area contributed by atoms with Crippen molar-refractivity contribution in [3.63, 3.8) is 0 Å². The van der Waals surface area contributed by atoms with Gasteiger partial charge in [-0.1, -0.05) is 108 Å². The van der Waals surface area contributed by atoms with Crippen LogP contribution in [-0.2, 0) is 0 Å². The van der Waals surface area contributed by atoms with E-state index in [9.17, 15) is 0 Å². The minimum atomic E-state index is 0.373. The van der Waals surface area contributed by atoms with Crippen molar-refractivity contribution >= 4 is 14.6 Å². The van der Waals surface area contributed by atoms with Crippen molar-refractivity contribution in [2.24, 2.45) is 0 Å². The second-order valence-corrected chi connectivity index (χ2v) is 7.70. The molecule has 3 heteroatoms. The van der Waals surface area contributed by atoms with Crippen molar-refractivity contribution < 1.29 is 5.11 Å². The zero-order valence-corrected chi connectivity index (χ0v) is 15.3. The van der Waals surface area contributed by atoms with E-state index in [1.165, 1.54) is 104 Å². The summed E-state index contributed by atoms with van der Waals surface area (Å²) in [6.45, 7) is 2.68. The molecule has 1 rings (SSSR count). The fourth-order valence-electron chi connectivity index (χ4n) is 4.16. The molecule has 0 unspecified atom stereocenters. The van der Waals surface area contributed by atoms with E-state index >= 15 is 0 Å². The van der Waals surface area contributed by atoms with Crippen LogP contribution in [0.2, 0.25) is 24.8 Å². The van der Waals surface area contributed by atoms with Crippen LogP contribution < -0.4 is 0 Å². The predicted molar refractivity (Wildman–Crippen MR) is 104 cm³/mol. The predicted octanol–water partition coefficient (Wildman–Crippen LogP) is 5.37. The van der Waals surface area contributed by atoms with E-state index in [4.69, 9.17) is 5.11 Å². The average molecular weight is 306 g/mol. The Morgan fingerprint density at radius 2 is 1.45 bits per heavy atom. The minimum Gasteiger partial charge on any atom is -0.396 e. The van der Waals surface area contributed by atoms with E-state index in [1.54, 1.807) is 0 Å². The van der Waals surface area contributed by atoms with E-state index in [0.29, 0.717) is 6.61 Å². The lowest BCUT2D eigenvalue weighted by atomic mass is 9.57. The van der Waals surface area contributed by atoms with E-state index in [1.807, 2.05) is 0 Å². The van der Waals surface area contributed by atoms with Crippen LogP contribution in [0.5, 0.6) is 0 Å². The second kappa shape index (κ2) is 14.7. The van der Waals surface area contributed by atoms with Gasteiger partial charge in [0.15, 0.2) is 0 Å². The first-order valence-corrected chi connectivity index (χ1v) is 10.5. The van der Waals surface area contributed by atoms with E-state index in [-0.39, 0.29) is 0 Å². The lowest BCUT2D eigenvalue weighted by molar-refractivity contribution is 0.282. The summed E-state index contributed by atoms with van der Waals surface area (Å²) in [6, 6.07) is 0. The van der Waals surface area contributed by atoms with Gasteiger partial charge in [0, 0.05) is 6.61 Å². The number of hydrogen-bond donors (Lipinski definition) is 1. The summed E-state index contributed by atoms with van der Waals surface area (Å²) in [5.41, 5.74) is 0. The summed E-state index contributed by atoms with van der Waals surface area (Å²) in [7, 11) is 2.79. The molecule has 22 heavy (non-hydrogen) atoms. The van der Waals surface area contributed by atoms with Crippen molar-refractivity contribution in [3.8, 4) is 0 Å². The van der Waals surface area contributed by atoms with Gasteiger partial charge in [-0.15, -0.1) is 0 Å². The lowest BCUT2D eigenvalue weighted by Gasteiger charge is -2.18. The molecule has 0 saturated heterocycles. The Hall–Kier alpha value is 0.0899. The molecule has 1 N–H and O–H groups in total. The molecular formula is C19H40B2O. The molecule has 0 heterocycles. The summed E-state index contributed by atoms with van der Waals surface area (Å²) >= 11 is 0. The highest BCUT2D eigenvalue weighted by atomic mass is 16.2. The molecule has 1 saturated carbocycles. The number of aliphatic hydroxyl groups excluding tert-OH is 1. The molecule has 0 bridgehead atoms.